The molecule has 110 valence electrons. The normalized spacial score (nSPS) is 19.1. The number of carboxylic acids is 1. The van der Waals surface area contributed by atoms with Gasteiger partial charge in [-0.2, -0.15) is 0 Å². The highest BCUT2D eigenvalue weighted by Gasteiger charge is 2.26. The Morgan fingerprint density at radius 1 is 1.50 bits per heavy atom. The van der Waals surface area contributed by atoms with Gasteiger partial charge in [0.1, 0.15) is 0 Å². The average molecular weight is 279 g/mol. The van der Waals surface area contributed by atoms with Crippen molar-refractivity contribution in [3.63, 3.8) is 0 Å². The van der Waals surface area contributed by atoms with Crippen molar-refractivity contribution in [2.75, 3.05) is 11.4 Å². The summed E-state index contributed by atoms with van der Waals surface area (Å²) >= 11 is 0. The van der Waals surface area contributed by atoms with Crippen molar-refractivity contribution in [2.45, 2.75) is 51.6 Å². The van der Waals surface area contributed by atoms with Gasteiger partial charge in [0.05, 0.1) is 0 Å². The second kappa shape index (κ2) is 6.54. The van der Waals surface area contributed by atoms with Crippen LogP contribution in [0.5, 0.6) is 0 Å². The van der Waals surface area contributed by atoms with E-state index >= 15 is 0 Å². The van der Waals surface area contributed by atoms with Gasteiger partial charge in [0.2, 0.25) is 0 Å². The maximum atomic E-state index is 12.3. The Morgan fingerprint density at radius 2 is 2.30 bits per heavy atom. The quantitative estimate of drug-likeness (QED) is 0.883. The fourth-order valence-electron chi connectivity index (χ4n) is 2.75. The van der Waals surface area contributed by atoms with E-state index in [0.29, 0.717) is 18.8 Å². The van der Waals surface area contributed by atoms with E-state index in [1.54, 1.807) is 17.0 Å². The highest BCUT2D eigenvalue weighted by molar-refractivity contribution is 5.66. The van der Waals surface area contributed by atoms with Crippen LogP contribution in [0.2, 0.25) is 0 Å². The molecule has 1 aliphatic rings. The summed E-state index contributed by atoms with van der Waals surface area (Å²) in [5, 5.41) is 8.84. The van der Waals surface area contributed by atoms with E-state index in [0.717, 1.165) is 25.8 Å². The third-order valence-electron chi connectivity index (χ3n) is 3.83. The third-order valence-corrected chi connectivity index (χ3v) is 3.83. The fraction of sp³-hybridized carbons (Fsp3) is 0.643. The first-order valence-corrected chi connectivity index (χ1v) is 7.17. The van der Waals surface area contributed by atoms with Crippen molar-refractivity contribution in [1.82, 2.24) is 9.55 Å². The predicted molar refractivity (Wildman–Crippen MR) is 76.0 cm³/mol. The number of anilines is 1. The molecule has 1 fully saturated rings. The summed E-state index contributed by atoms with van der Waals surface area (Å²) in [5.41, 5.74) is -0.0859. The number of carboxylic acid groups (broad SMARTS) is 1. The minimum Gasteiger partial charge on any atom is -0.481 e. The van der Waals surface area contributed by atoms with Crippen LogP contribution in [-0.4, -0.2) is 33.2 Å². The number of aliphatic carboxylic acids is 1. The van der Waals surface area contributed by atoms with Crippen LogP contribution in [0.1, 0.15) is 39.0 Å². The number of carbonyl (C=O) groups is 1. The molecule has 20 heavy (non-hydrogen) atoms. The minimum atomic E-state index is -0.789. The molecule has 1 N–H and O–H groups in total. The van der Waals surface area contributed by atoms with Crippen LogP contribution in [0.15, 0.2) is 17.2 Å². The van der Waals surface area contributed by atoms with Gasteiger partial charge in [0.25, 0.3) is 5.56 Å². The Kier molecular flexibility index (Phi) is 4.76. The predicted octanol–water partition coefficient (Wildman–Crippen LogP) is 1.49. The molecule has 1 aromatic heterocycles. The SMILES string of the molecule is CCn1ccnc(N2CCCCC2CCC(=O)O)c1=O. The summed E-state index contributed by atoms with van der Waals surface area (Å²) in [5.74, 6) is -0.327. The molecule has 1 saturated heterocycles. The van der Waals surface area contributed by atoms with Gasteiger partial charge in [-0.3, -0.25) is 9.59 Å². The molecule has 0 radical (unpaired) electrons. The van der Waals surface area contributed by atoms with E-state index in [9.17, 15) is 9.59 Å². The number of nitrogens with zero attached hydrogens (tertiary/aromatic N) is 3. The standard InChI is InChI=1S/C14H21N3O3/c1-2-16-10-8-15-13(14(16)20)17-9-4-3-5-11(17)6-7-12(18)19/h8,10-11H,2-7,9H2,1H3,(H,18,19). The maximum absolute atomic E-state index is 12.3. The average Bonchev–Trinajstić information content (AvgIpc) is 2.46. The van der Waals surface area contributed by atoms with Gasteiger partial charge in [0, 0.05) is 37.9 Å². The van der Waals surface area contributed by atoms with Gasteiger partial charge < -0.3 is 14.6 Å². The Labute approximate surface area is 118 Å². The summed E-state index contributed by atoms with van der Waals surface area (Å²) in [4.78, 5) is 29.3. The van der Waals surface area contributed by atoms with Crippen LogP contribution in [-0.2, 0) is 11.3 Å². The molecule has 0 spiro atoms. The summed E-state index contributed by atoms with van der Waals surface area (Å²) in [6, 6.07) is 0.104. The lowest BCUT2D eigenvalue weighted by molar-refractivity contribution is -0.137. The third kappa shape index (κ3) is 3.18. The number of piperidine rings is 1. The van der Waals surface area contributed by atoms with Gasteiger partial charge in [-0.25, -0.2) is 4.98 Å². The first-order valence-electron chi connectivity index (χ1n) is 7.17. The van der Waals surface area contributed by atoms with Crippen LogP contribution in [0, 0.1) is 0 Å². The molecular formula is C14H21N3O3. The molecule has 6 heteroatoms. The number of hydrogen-bond donors (Lipinski definition) is 1. The van der Waals surface area contributed by atoms with Gasteiger partial charge >= 0.3 is 5.97 Å². The second-order valence-electron chi connectivity index (χ2n) is 5.12. The number of aryl methyl sites for hydroxylation is 1. The van der Waals surface area contributed by atoms with E-state index in [1.165, 1.54) is 0 Å². The lowest BCUT2D eigenvalue weighted by atomic mass is 9.98. The molecule has 0 bridgehead atoms. The number of hydrogen-bond acceptors (Lipinski definition) is 4. The largest absolute Gasteiger partial charge is 0.481 e. The zero-order valence-corrected chi connectivity index (χ0v) is 11.8. The van der Waals surface area contributed by atoms with Crippen LogP contribution in [0.3, 0.4) is 0 Å². The first kappa shape index (κ1) is 14.6. The van der Waals surface area contributed by atoms with E-state index in [1.807, 2.05) is 11.8 Å². The molecule has 2 rings (SSSR count). The van der Waals surface area contributed by atoms with Crippen molar-refractivity contribution in [1.29, 1.82) is 0 Å². The molecule has 0 amide bonds. The lowest BCUT2D eigenvalue weighted by Gasteiger charge is -2.36. The maximum Gasteiger partial charge on any atom is 0.303 e. The van der Waals surface area contributed by atoms with Gasteiger partial charge in [-0.15, -0.1) is 0 Å². The fourth-order valence-corrected chi connectivity index (χ4v) is 2.75. The molecule has 1 unspecified atom stereocenters. The summed E-state index contributed by atoms with van der Waals surface area (Å²) in [6.07, 6.45) is 7.05. The van der Waals surface area contributed by atoms with Crippen LogP contribution >= 0.6 is 0 Å². The summed E-state index contributed by atoms with van der Waals surface area (Å²) in [6.45, 7) is 3.31. The molecular weight excluding hydrogens is 258 g/mol. The van der Waals surface area contributed by atoms with Crippen molar-refractivity contribution < 1.29 is 9.90 Å². The first-order chi connectivity index (χ1) is 9.63. The monoisotopic (exact) mass is 279 g/mol. The van der Waals surface area contributed by atoms with E-state index in [4.69, 9.17) is 5.11 Å². The summed E-state index contributed by atoms with van der Waals surface area (Å²) in [7, 11) is 0. The highest BCUT2D eigenvalue weighted by atomic mass is 16.4. The number of aromatic nitrogens is 2. The molecule has 1 aliphatic heterocycles. The Morgan fingerprint density at radius 3 is 3.00 bits per heavy atom. The molecule has 0 aliphatic carbocycles. The zero-order valence-electron chi connectivity index (χ0n) is 11.8. The van der Waals surface area contributed by atoms with Crippen LogP contribution in [0.25, 0.3) is 0 Å². The van der Waals surface area contributed by atoms with E-state index < -0.39 is 5.97 Å². The molecule has 2 heterocycles. The van der Waals surface area contributed by atoms with Crippen molar-refractivity contribution >= 4 is 11.8 Å². The molecule has 6 nitrogen and oxygen atoms in total. The van der Waals surface area contributed by atoms with Crippen molar-refractivity contribution in [3.05, 3.63) is 22.7 Å². The summed E-state index contributed by atoms with van der Waals surface area (Å²) < 4.78 is 1.63. The molecule has 1 aromatic rings. The van der Waals surface area contributed by atoms with Gasteiger partial charge in [-0.05, 0) is 32.6 Å². The lowest BCUT2D eigenvalue weighted by Crippen LogP contribution is -2.44. The van der Waals surface area contributed by atoms with Gasteiger partial charge in [-0.1, -0.05) is 0 Å². The van der Waals surface area contributed by atoms with Crippen molar-refractivity contribution in [2.24, 2.45) is 0 Å². The number of rotatable bonds is 5. The van der Waals surface area contributed by atoms with Crippen LogP contribution in [0.4, 0.5) is 5.82 Å². The molecule has 0 aromatic carbocycles. The minimum absolute atomic E-state index is 0.0859. The van der Waals surface area contributed by atoms with E-state index in [2.05, 4.69) is 4.98 Å². The van der Waals surface area contributed by atoms with E-state index in [-0.39, 0.29) is 18.0 Å². The smallest absolute Gasteiger partial charge is 0.303 e. The molecule has 0 saturated carbocycles. The van der Waals surface area contributed by atoms with Gasteiger partial charge in [0.15, 0.2) is 5.82 Å². The Hall–Kier alpha value is -1.85. The zero-order chi connectivity index (χ0) is 14.5. The highest BCUT2D eigenvalue weighted by Crippen LogP contribution is 2.23. The Balaban J connectivity index is 2.23. The van der Waals surface area contributed by atoms with Crippen molar-refractivity contribution in [3.8, 4) is 0 Å². The topological polar surface area (TPSA) is 75.4 Å². The van der Waals surface area contributed by atoms with Crippen LogP contribution < -0.4 is 10.5 Å². The Bertz CT molecular complexity index is 527. The molecule has 1 atom stereocenters. The second-order valence-corrected chi connectivity index (χ2v) is 5.12.